The molecule has 326 valence electrons. The van der Waals surface area contributed by atoms with Crippen LogP contribution in [0.5, 0.6) is 0 Å². The molecule has 70 heavy (non-hydrogen) atoms. The molecule has 0 fully saturated rings. The van der Waals surface area contributed by atoms with Gasteiger partial charge in [-0.3, -0.25) is 0 Å². The molecule has 13 aromatic carbocycles. The minimum absolute atomic E-state index is 0.848. The molecular formula is C68H43NO. The summed E-state index contributed by atoms with van der Waals surface area (Å²) in [7, 11) is 0. The van der Waals surface area contributed by atoms with Gasteiger partial charge in [0.15, 0.2) is 5.58 Å². The third kappa shape index (κ3) is 6.57. The Hall–Kier alpha value is -9.24. The van der Waals surface area contributed by atoms with E-state index in [4.69, 9.17) is 4.42 Å². The molecule has 0 atom stereocenters. The maximum atomic E-state index is 7.30. The van der Waals surface area contributed by atoms with E-state index < -0.39 is 0 Å². The lowest BCUT2D eigenvalue weighted by atomic mass is 9.92. The first-order valence-corrected chi connectivity index (χ1v) is 24.1. The van der Waals surface area contributed by atoms with Crippen LogP contribution in [0.1, 0.15) is 0 Å². The highest BCUT2D eigenvalue weighted by atomic mass is 16.3. The maximum Gasteiger partial charge on any atom is 0.160 e. The molecule has 0 aliphatic rings. The molecular weight excluding hydrogens is 847 g/mol. The van der Waals surface area contributed by atoms with E-state index in [1.807, 2.05) is 0 Å². The largest absolute Gasteiger partial charge is 0.453 e. The molecule has 0 saturated heterocycles. The molecule has 0 N–H and O–H groups in total. The smallest absolute Gasteiger partial charge is 0.160 e. The highest BCUT2D eigenvalue weighted by Crippen LogP contribution is 2.50. The van der Waals surface area contributed by atoms with E-state index in [1.165, 1.54) is 65.5 Å². The third-order valence-corrected chi connectivity index (χ3v) is 14.4. The van der Waals surface area contributed by atoms with Crippen LogP contribution < -0.4 is 4.90 Å². The summed E-state index contributed by atoms with van der Waals surface area (Å²) in [5, 5.41) is 14.3. The molecule has 0 saturated carbocycles. The van der Waals surface area contributed by atoms with Crippen LogP contribution in [0.3, 0.4) is 0 Å². The average molecular weight is 890 g/mol. The van der Waals surface area contributed by atoms with Gasteiger partial charge in [0.05, 0.1) is 11.4 Å². The zero-order valence-corrected chi connectivity index (χ0v) is 38.2. The second-order valence-corrected chi connectivity index (χ2v) is 18.4. The quantitative estimate of drug-likeness (QED) is 0.159. The highest BCUT2D eigenvalue weighted by molar-refractivity contribution is 6.25. The molecule has 0 radical (unpaired) electrons. The first-order valence-electron chi connectivity index (χ1n) is 24.1. The summed E-state index contributed by atoms with van der Waals surface area (Å²) in [5.41, 5.74) is 14.2. The lowest BCUT2D eigenvalue weighted by molar-refractivity contribution is 0.670. The number of furan rings is 1. The normalized spacial score (nSPS) is 11.7. The van der Waals surface area contributed by atoms with Gasteiger partial charge in [0.25, 0.3) is 0 Å². The van der Waals surface area contributed by atoms with E-state index in [9.17, 15) is 0 Å². The number of para-hydroxylation sites is 1. The molecule has 2 nitrogen and oxygen atoms in total. The van der Waals surface area contributed by atoms with Crippen LogP contribution in [0.25, 0.3) is 120 Å². The van der Waals surface area contributed by atoms with Crippen molar-refractivity contribution in [3.63, 3.8) is 0 Å². The number of anilines is 3. The van der Waals surface area contributed by atoms with Crippen LogP contribution in [0.4, 0.5) is 17.1 Å². The molecule has 0 unspecified atom stereocenters. The number of rotatable bonds is 7. The molecule has 14 aromatic rings. The third-order valence-electron chi connectivity index (χ3n) is 14.4. The summed E-state index contributed by atoms with van der Waals surface area (Å²) < 4.78 is 7.30. The topological polar surface area (TPSA) is 16.4 Å². The minimum Gasteiger partial charge on any atom is -0.453 e. The van der Waals surface area contributed by atoms with Gasteiger partial charge in [0.1, 0.15) is 5.58 Å². The number of hydrogen-bond acceptors (Lipinski definition) is 2. The van der Waals surface area contributed by atoms with Crippen LogP contribution in [-0.2, 0) is 0 Å². The van der Waals surface area contributed by atoms with Crippen molar-refractivity contribution in [2.24, 2.45) is 0 Å². The first-order chi connectivity index (χ1) is 34.7. The van der Waals surface area contributed by atoms with Gasteiger partial charge in [0, 0.05) is 27.4 Å². The fourth-order valence-corrected chi connectivity index (χ4v) is 11.0. The number of fused-ring (bicyclic) bond motifs is 9. The van der Waals surface area contributed by atoms with Crippen molar-refractivity contribution in [3.05, 3.63) is 261 Å². The fraction of sp³-hybridized carbons (Fsp3) is 0. The van der Waals surface area contributed by atoms with Crippen LogP contribution in [0.2, 0.25) is 0 Å². The van der Waals surface area contributed by atoms with Crippen LogP contribution in [0, 0.1) is 0 Å². The van der Waals surface area contributed by atoms with E-state index >= 15 is 0 Å². The van der Waals surface area contributed by atoms with Gasteiger partial charge < -0.3 is 9.32 Å². The monoisotopic (exact) mass is 889 g/mol. The molecule has 2 heteroatoms. The Morgan fingerprint density at radius 3 is 1.51 bits per heavy atom. The molecule has 1 heterocycles. The van der Waals surface area contributed by atoms with E-state index in [2.05, 4.69) is 266 Å². The summed E-state index contributed by atoms with van der Waals surface area (Å²) in [5.74, 6) is 0. The Balaban J connectivity index is 0.953. The van der Waals surface area contributed by atoms with Crippen molar-refractivity contribution >= 4 is 92.9 Å². The number of nitrogens with zero attached hydrogens (tertiary/aromatic N) is 1. The SMILES string of the molecule is c1ccc(-c2cccc3c2oc2c(N(c4ccc(-c5ccc6cc(-c7ccc8ccccc8c7)ccc6c5)cc4)c4ccc(-c5cccc6ccccc56)c5ccccc45)cc4ccccc4c23)cc1. The summed E-state index contributed by atoms with van der Waals surface area (Å²) in [6.45, 7) is 0. The summed E-state index contributed by atoms with van der Waals surface area (Å²) in [4.78, 5) is 2.42. The summed E-state index contributed by atoms with van der Waals surface area (Å²) in [6.07, 6.45) is 0. The zero-order valence-electron chi connectivity index (χ0n) is 38.2. The lowest BCUT2D eigenvalue weighted by Crippen LogP contribution is -2.11. The highest BCUT2D eigenvalue weighted by Gasteiger charge is 2.25. The predicted molar refractivity (Wildman–Crippen MR) is 298 cm³/mol. The van der Waals surface area contributed by atoms with E-state index in [0.717, 1.165) is 71.8 Å². The molecule has 0 aliphatic carbocycles. The van der Waals surface area contributed by atoms with Gasteiger partial charge in [-0.1, -0.05) is 218 Å². The molecule has 0 amide bonds. The second kappa shape index (κ2) is 16.2. The molecule has 0 aliphatic heterocycles. The van der Waals surface area contributed by atoms with Gasteiger partial charge >= 0.3 is 0 Å². The van der Waals surface area contributed by atoms with Crippen LogP contribution in [0.15, 0.2) is 265 Å². The fourth-order valence-electron chi connectivity index (χ4n) is 11.0. The van der Waals surface area contributed by atoms with Crippen molar-refractivity contribution in [1.29, 1.82) is 0 Å². The lowest BCUT2D eigenvalue weighted by Gasteiger charge is -2.28. The number of benzene rings is 13. The van der Waals surface area contributed by atoms with Crippen molar-refractivity contribution in [1.82, 2.24) is 0 Å². The Morgan fingerprint density at radius 1 is 0.243 bits per heavy atom. The summed E-state index contributed by atoms with van der Waals surface area (Å²) in [6, 6.07) is 95.0. The van der Waals surface area contributed by atoms with Gasteiger partial charge in [-0.25, -0.2) is 0 Å². The van der Waals surface area contributed by atoms with Crippen molar-refractivity contribution in [3.8, 4) is 44.5 Å². The van der Waals surface area contributed by atoms with Gasteiger partial charge in [0.2, 0.25) is 0 Å². The van der Waals surface area contributed by atoms with Gasteiger partial charge in [-0.15, -0.1) is 0 Å². The second-order valence-electron chi connectivity index (χ2n) is 18.4. The van der Waals surface area contributed by atoms with E-state index in [-0.39, 0.29) is 0 Å². The number of hydrogen-bond donors (Lipinski definition) is 0. The minimum atomic E-state index is 0.848. The standard InChI is InChI=1S/C68H43NO/c1-2-15-47(16-3-1)58-25-13-27-63-66-57-22-9-7-19-54(57)43-65(68(66)70-67(58)63)69(64-39-38-61(60-23-10-11-24-62(60)64)59-26-12-20-46-17-6-8-21-56(46)59)55-36-34-45(35-37-55)49-30-31-52-42-53(33-32-51(52)41-49)50-29-28-44-14-4-5-18-48(44)40-50/h1-43H. The van der Waals surface area contributed by atoms with Crippen molar-refractivity contribution in [2.75, 3.05) is 4.90 Å². The molecule has 1 aromatic heterocycles. The molecule has 14 rings (SSSR count). The van der Waals surface area contributed by atoms with Crippen molar-refractivity contribution in [2.45, 2.75) is 0 Å². The Morgan fingerprint density at radius 2 is 0.757 bits per heavy atom. The molecule has 0 bridgehead atoms. The average Bonchev–Trinajstić information content (AvgIpc) is 3.84. The van der Waals surface area contributed by atoms with E-state index in [1.54, 1.807) is 0 Å². The zero-order chi connectivity index (χ0) is 46.1. The van der Waals surface area contributed by atoms with Crippen molar-refractivity contribution < 1.29 is 4.42 Å². The van der Waals surface area contributed by atoms with Gasteiger partial charge in [-0.2, -0.15) is 0 Å². The Kier molecular flexibility index (Phi) is 9.25. The van der Waals surface area contributed by atoms with Crippen LogP contribution in [-0.4, -0.2) is 0 Å². The molecule has 0 spiro atoms. The van der Waals surface area contributed by atoms with Gasteiger partial charge in [-0.05, 0) is 130 Å². The predicted octanol–water partition coefficient (Wildman–Crippen LogP) is 19.5. The first kappa shape index (κ1) is 39.9. The summed E-state index contributed by atoms with van der Waals surface area (Å²) >= 11 is 0. The van der Waals surface area contributed by atoms with Crippen LogP contribution >= 0.6 is 0 Å². The Labute approximate surface area is 405 Å². The van der Waals surface area contributed by atoms with E-state index in [0.29, 0.717) is 0 Å². The maximum absolute atomic E-state index is 7.30. The Bertz CT molecular complexity index is 4350.